The van der Waals surface area contributed by atoms with Gasteiger partial charge in [0.1, 0.15) is 0 Å². The Kier molecular flexibility index (Phi) is 6.04. The van der Waals surface area contributed by atoms with Crippen molar-refractivity contribution in [3.8, 4) is 0 Å². The number of furan rings is 1. The first-order chi connectivity index (χ1) is 14.1. The minimum atomic E-state index is -4.12. The Bertz CT molecular complexity index is 1160. The third-order valence-electron chi connectivity index (χ3n) is 4.12. The van der Waals surface area contributed by atoms with Gasteiger partial charge in [0.2, 0.25) is 17.0 Å². The van der Waals surface area contributed by atoms with Crippen LogP contribution in [0.1, 0.15) is 33.3 Å². The number of nitrogens with one attached hydrogen (secondary N) is 1. The summed E-state index contributed by atoms with van der Waals surface area (Å²) in [7, 11) is -4.12. The average molecular weight is 428 g/mol. The second-order valence-electron chi connectivity index (χ2n) is 6.73. The molecule has 8 nitrogen and oxygen atoms in total. The van der Waals surface area contributed by atoms with Gasteiger partial charge in [0.25, 0.3) is 15.9 Å². The lowest BCUT2D eigenvalue weighted by molar-refractivity contribution is -0.125. The molecule has 3 rings (SSSR count). The van der Waals surface area contributed by atoms with Gasteiger partial charge in [-0.2, -0.15) is 0 Å². The number of carbonyl (C=O) groups excluding carboxylic acids is 2. The molecule has 1 amide bonds. The summed E-state index contributed by atoms with van der Waals surface area (Å²) < 4.78 is 33.0. The maximum Gasteiger partial charge on any atom is 0.375 e. The number of amides is 1. The van der Waals surface area contributed by atoms with E-state index in [1.165, 1.54) is 0 Å². The lowest BCUT2D eigenvalue weighted by Crippen LogP contribution is -2.26. The fourth-order valence-corrected chi connectivity index (χ4v) is 3.37. The first kappa shape index (κ1) is 21.3. The molecule has 0 saturated carbocycles. The third-order valence-corrected chi connectivity index (χ3v) is 4.90. The summed E-state index contributed by atoms with van der Waals surface area (Å²) in [5, 5.41) is 7.15. The molecule has 3 aromatic rings. The molecule has 30 heavy (non-hydrogen) atoms. The minimum absolute atomic E-state index is 0.390. The van der Waals surface area contributed by atoms with E-state index in [9.17, 15) is 18.0 Å². The maximum atomic E-state index is 12.9. The van der Waals surface area contributed by atoms with Gasteiger partial charge in [-0.3, -0.25) is 4.79 Å². The van der Waals surface area contributed by atoms with Crippen molar-refractivity contribution in [2.24, 2.45) is 5.14 Å². The zero-order valence-electron chi connectivity index (χ0n) is 16.3. The lowest BCUT2D eigenvalue weighted by Gasteiger charge is -2.18. The van der Waals surface area contributed by atoms with Crippen LogP contribution in [0, 0.1) is 13.8 Å². The van der Waals surface area contributed by atoms with Crippen molar-refractivity contribution < 1.29 is 27.2 Å². The van der Waals surface area contributed by atoms with Crippen LogP contribution in [0.5, 0.6) is 0 Å². The summed E-state index contributed by atoms with van der Waals surface area (Å²) in [4.78, 5) is 25.4. The van der Waals surface area contributed by atoms with Crippen LogP contribution in [0.2, 0.25) is 0 Å². The van der Waals surface area contributed by atoms with Crippen molar-refractivity contribution in [2.45, 2.75) is 25.0 Å². The lowest BCUT2D eigenvalue weighted by atomic mass is 10.1. The molecule has 0 aliphatic carbocycles. The predicted molar refractivity (Wildman–Crippen MR) is 109 cm³/mol. The molecule has 0 saturated heterocycles. The number of hydrogen-bond donors (Lipinski definition) is 2. The molecule has 9 heteroatoms. The molecule has 1 aromatic heterocycles. The minimum Gasteiger partial charge on any atom is -0.441 e. The summed E-state index contributed by atoms with van der Waals surface area (Å²) in [6.07, 6.45) is -1.29. The Morgan fingerprint density at radius 2 is 1.63 bits per heavy atom. The van der Waals surface area contributed by atoms with Crippen molar-refractivity contribution in [3.05, 3.63) is 83.1 Å². The largest absolute Gasteiger partial charge is 0.441 e. The van der Waals surface area contributed by atoms with Crippen LogP contribution in [0.25, 0.3) is 0 Å². The Morgan fingerprint density at radius 3 is 2.20 bits per heavy atom. The van der Waals surface area contributed by atoms with E-state index in [1.807, 2.05) is 19.9 Å². The zero-order valence-corrected chi connectivity index (χ0v) is 17.1. The number of ether oxygens (including phenoxy) is 1. The fraction of sp³-hybridized carbons (Fsp3) is 0.143. The van der Waals surface area contributed by atoms with Crippen LogP contribution in [-0.4, -0.2) is 20.3 Å². The molecule has 3 N–H and O–H groups in total. The number of rotatable bonds is 6. The van der Waals surface area contributed by atoms with Gasteiger partial charge in [-0.25, -0.2) is 18.4 Å². The van der Waals surface area contributed by atoms with Crippen LogP contribution in [0.3, 0.4) is 0 Å². The van der Waals surface area contributed by atoms with Gasteiger partial charge in [0.05, 0.1) is 0 Å². The van der Waals surface area contributed by atoms with Gasteiger partial charge in [-0.1, -0.05) is 36.4 Å². The van der Waals surface area contributed by atoms with Gasteiger partial charge >= 0.3 is 5.97 Å². The Labute approximate surface area is 173 Å². The summed E-state index contributed by atoms with van der Waals surface area (Å²) in [6.45, 7) is 3.80. The quantitative estimate of drug-likeness (QED) is 0.581. The molecular weight excluding hydrogens is 408 g/mol. The smallest absolute Gasteiger partial charge is 0.375 e. The average Bonchev–Trinajstić information content (AvgIpc) is 3.16. The SMILES string of the molecule is Cc1cc(C)cc(NC(=O)C(OC(=O)c2ccc(S(N)(=O)=O)o2)c2ccccc2)c1. The van der Waals surface area contributed by atoms with Crippen LogP contribution >= 0.6 is 0 Å². The number of primary sulfonamides is 1. The van der Waals surface area contributed by atoms with Crippen LogP contribution < -0.4 is 10.5 Å². The summed E-state index contributed by atoms with van der Waals surface area (Å²) in [6, 6.07) is 16.1. The standard InChI is InChI=1S/C21H20N2O6S/c1-13-10-14(2)12-16(11-13)23-20(24)19(15-6-4-3-5-7-15)29-21(25)17-8-9-18(28-17)30(22,26)27/h3-12,19H,1-2H3,(H,23,24)(H2,22,26,27). The number of esters is 1. The van der Waals surface area contributed by atoms with E-state index < -0.39 is 33.1 Å². The number of hydrogen-bond acceptors (Lipinski definition) is 6. The second-order valence-corrected chi connectivity index (χ2v) is 8.22. The van der Waals surface area contributed by atoms with E-state index in [1.54, 1.807) is 42.5 Å². The van der Waals surface area contributed by atoms with Gasteiger partial charge in [0, 0.05) is 11.3 Å². The molecule has 0 aliphatic rings. The van der Waals surface area contributed by atoms with E-state index in [-0.39, 0.29) is 5.76 Å². The highest BCUT2D eigenvalue weighted by molar-refractivity contribution is 7.89. The molecule has 2 aromatic carbocycles. The highest BCUT2D eigenvalue weighted by Gasteiger charge is 2.28. The second kappa shape index (κ2) is 8.52. The fourth-order valence-electron chi connectivity index (χ4n) is 2.90. The molecule has 1 unspecified atom stereocenters. The monoisotopic (exact) mass is 428 g/mol. The topological polar surface area (TPSA) is 129 Å². The molecule has 156 valence electrons. The first-order valence-electron chi connectivity index (χ1n) is 8.91. The molecule has 0 fully saturated rings. The molecule has 0 spiro atoms. The normalized spacial score (nSPS) is 12.2. The maximum absolute atomic E-state index is 12.9. The number of benzene rings is 2. The van der Waals surface area contributed by atoms with E-state index >= 15 is 0 Å². The van der Waals surface area contributed by atoms with Gasteiger partial charge in [-0.05, 0) is 49.2 Å². The van der Waals surface area contributed by atoms with Crippen molar-refractivity contribution in [1.29, 1.82) is 0 Å². The third kappa shape index (κ3) is 5.13. The molecule has 1 atom stereocenters. The summed E-state index contributed by atoms with van der Waals surface area (Å²) in [5.74, 6) is -1.97. The Hall–Kier alpha value is -3.43. The van der Waals surface area contributed by atoms with Crippen LogP contribution in [-0.2, 0) is 19.6 Å². The summed E-state index contributed by atoms with van der Waals surface area (Å²) in [5.41, 5.74) is 2.92. The first-order valence-corrected chi connectivity index (χ1v) is 10.5. The molecule has 0 bridgehead atoms. The number of sulfonamides is 1. The van der Waals surface area contributed by atoms with E-state index in [4.69, 9.17) is 14.3 Å². The van der Waals surface area contributed by atoms with E-state index in [0.717, 1.165) is 23.3 Å². The highest BCUT2D eigenvalue weighted by atomic mass is 32.2. The summed E-state index contributed by atoms with van der Waals surface area (Å²) >= 11 is 0. The predicted octanol–water partition coefficient (Wildman–Crippen LogP) is 3.08. The van der Waals surface area contributed by atoms with Crippen molar-refractivity contribution in [1.82, 2.24) is 0 Å². The van der Waals surface area contributed by atoms with Gasteiger partial charge < -0.3 is 14.5 Å². The van der Waals surface area contributed by atoms with E-state index in [2.05, 4.69) is 5.32 Å². The number of anilines is 1. The highest BCUT2D eigenvalue weighted by Crippen LogP contribution is 2.24. The van der Waals surface area contributed by atoms with Crippen molar-refractivity contribution in [3.63, 3.8) is 0 Å². The van der Waals surface area contributed by atoms with E-state index in [0.29, 0.717) is 11.3 Å². The number of aryl methyl sites for hydroxylation is 2. The van der Waals surface area contributed by atoms with Gasteiger partial charge in [-0.15, -0.1) is 0 Å². The Morgan fingerprint density at radius 1 is 1.00 bits per heavy atom. The van der Waals surface area contributed by atoms with Crippen molar-refractivity contribution in [2.75, 3.05) is 5.32 Å². The molecule has 0 radical (unpaired) electrons. The molecular formula is C21H20N2O6S. The van der Waals surface area contributed by atoms with Crippen LogP contribution in [0.4, 0.5) is 5.69 Å². The zero-order chi connectivity index (χ0) is 21.9. The van der Waals surface area contributed by atoms with Crippen LogP contribution in [0.15, 0.2) is 70.2 Å². The van der Waals surface area contributed by atoms with Gasteiger partial charge in [0.15, 0.2) is 0 Å². The Balaban J connectivity index is 1.86. The number of nitrogens with two attached hydrogens (primary N) is 1. The molecule has 0 aliphatic heterocycles. The number of carbonyl (C=O) groups is 2. The molecule has 1 heterocycles. The van der Waals surface area contributed by atoms with Crippen molar-refractivity contribution >= 4 is 27.6 Å².